The largest absolute Gasteiger partial charge is 0.262 e. The maximum Gasteiger partial charge on any atom is 0.143 e. The van der Waals surface area contributed by atoms with Gasteiger partial charge in [-0.3, -0.25) is 4.99 Å². The van der Waals surface area contributed by atoms with Crippen molar-refractivity contribution in [3.05, 3.63) is 24.4 Å². The highest BCUT2D eigenvalue weighted by Crippen LogP contribution is 2.14. The lowest BCUT2D eigenvalue weighted by Gasteiger charge is -2.13. The summed E-state index contributed by atoms with van der Waals surface area (Å²) in [7, 11) is 0. The van der Waals surface area contributed by atoms with E-state index in [0.717, 1.165) is 5.57 Å². The minimum Gasteiger partial charge on any atom is -0.262 e. The zero-order chi connectivity index (χ0) is 11.4. The van der Waals surface area contributed by atoms with Gasteiger partial charge < -0.3 is 0 Å². The van der Waals surface area contributed by atoms with E-state index in [1.807, 2.05) is 0 Å². The van der Waals surface area contributed by atoms with Crippen LogP contribution in [-0.4, -0.2) is 11.4 Å². The molecule has 0 spiro atoms. The zero-order valence-electron chi connectivity index (χ0n) is 9.76. The molecule has 0 radical (unpaired) electrons. The van der Waals surface area contributed by atoms with Crippen LogP contribution in [0.15, 0.2) is 29.4 Å². The molecule has 1 nitrogen and oxygen atoms in total. The van der Waals surface area contributed by atoms with Crippen LogP contribution in [0.1, 0.15) is 34.6 Å². The maximum atomic E-state index is 13.4. The molecule has 0 atom stereocenters. The number of halogens is 1. The molecule has 0 amide bonds. The Kier molecular flexibility index (Phi) is 4.75. The van der Waals surface area contributed by atoms with Crippen molar-refractivity contribution < 1.29 is 4.39 Å². The molecule has 0 heterocycles. The molecule has 0 saturated carbocycles. The van der Waals surface area contributed by atoms with E-state index in [1.165, 1.54) is 13.8 Å². The third kappa shape index (κ3) is 4.35. The molecule has 80 valence electrons. The number of rotatable bonds is 4. The Morgan fingerprint density at radius 3 is 2.21 bits per heavy atom. The summed E-state index contributed by atoms with van der Waals surface area (Å²) in [5.74, 6) is 0.367. The fourth-order valence-electron chi connectivity index (χ4n) is 0.762. The van der Waals surface area contributed by atoms with Crippen molar-refractivity contribution in [2.45, 2.75) is 40.3 Å². The molecule has 0 aliphatic carbocycles. The summed E-state index contributed by atoms with van der Waals surface area (Å²) >= 11 is 0. The summed E-state index contributed by atoms with van der Waals surface area (Å²) < 4.78 is 13.4. The molecule has 0 aromatic carbocycles. The van der Waals surface area contributed by atoms with E-state index in [-0.39, 0.29) is 0 Å². The third-order valence-electron chi connectivity index (χ3n) is 2.17. The lowest BCUT2D eigenvalue weighted by atomic mass is 10.0. The maximum absolute atomic E-state index is 13.4. The molecule has 0 N–H and O–H groups in total. The van der Waals surface area contributed by atoms with Crippen LogP contribution in [0.2, 0.25) is 0 Å². The number of alkyl halides is 1. The van der Waals surface area contributed by atoms with E-state index in [4.69, 9.17) is 0 Å². The van der Waals surface area contributed by atoms with Crippen molar-refractivity contribution in [2.75, 3.05) is 0 Å². The van der Waals surface area contributed by atoms with Gasteiger partial charge in [0.05, 0.1) is 5.71 Å². The van der Waals surface area contributed by atoms with Gasteiger partial charge in [-0.2, -0.15) is 0 Å². The monoisotopic (exact) mass is 197 g/mol. The molecule has 0 bridgehead atoms. The smallest absolute Gasteiger partial charge is 0.143 e. The van der Waals surface area contributed by atoms with Crippen LogP contribution in [0.4, 0.5) is 4.39 Å². The molecule has 0 aliphatic rings. The van der Waals surface area contributed by atoms with Gasteiger partial charge in [0, 0.05) is 6.20 Å². The van der Waals surface area contributed by atoms with Gasteiger partial charge in [0.1, 0.15) is 5.67 Å². The summed E-state index contributed by atoms with van der Waals surface area (Å²) in [6.45, 7) is 12.5. The summed E-state index contributed by atoms with van der Waals surface area (Å²) in [4.78, 5) is 4.10. The first-order chi connectivity index (χ1) is 6.29. The van der Waals surface area contributed by atoms with E-state index in [1.54, 1.807) is 19.2 Å². The highest BCUT2D eigenvalue weighted by Gasteiger charge is 2.18. The Balaban J connectivity index is 4.76. The predicted octanol–water partition coefficient (Wildman–Crippen LogP) is 3.92. The number of hydrogen-bond acceptors (Lipinski definition) is 1. The average molecular weight is 197 g/mol. The first-order valence-corrected chi connectivity index (χ1v) is 4.85. The van der Waals surface area contributed by atoms with Crippen LogP contribution < -0.4 is 0 Å². The van der Waals surface area contributed by atoms with Gasteiger partial charge in [0.2, 0.25) is 0 Å². The van der Waals surface area contributed by atoms with Gasteiger partial charge in [0.25, 0.3) is 0 Å². The molecule has 0 rings (SSSR count). The average Bonchev–Trinajstić information content (AvgIpc) is 2.02. The Labute approximate surface area is 86.4 Å². The lowest BCUT2D eigenvalue weighted by molar-refractivity contribution is 0.312. The van der Waals surface area contributed by atoms with E-state index in [2.05, 4.69) is 25.4 Å². The summed E-state index contributed by atoms with van der Waals surface area (Å²) in [6.07, 6.45) is 3.45. The van der Waals surface area contributed by atoms with Crippen LogP contribution in [0.3, 0.4) is 0 Å². The second kappa shape index (κ2) is 5.08. The molecule has 0 fully saturated rings. The number of hydrogen-bond donors (Lipinski definition) is 0. The highest BCUT2D eigenvalue weighted by atomic mass is 19.1. The second-order valence-corrected chi connectivity index (χ2v) is 4.17. The Bertz CT molecular complexity index is 254. The quantitative estimate of drug-likeness (QED) is 0.478. The minimum atomic E-state index is -1.35. The molecule has 14 heavy (non-hydrogen) atoms. The normalized spacial score (nSPS) is 14.8. The van der Waals surface area contributed by atoms with Crippen molar-refractivity contribution in [3.8, 4) is 0 Å². The molecule has 0 saturated heterocycles. The lowest BCUT2D eigenvalue weighted by Crippen LogP contribution is -2.22. The fraction of sp³-hybridized carbons (Fsp3) is 0.583. The Morgan fingerprint density at radius 2 is 1.93 bits per heavy atom. The standard InChI is InChI=1S/C12H20FN/c1-7-11(9(2)3)8-14-10(4)12(5,6)13/h7-9H,1H2,2-6H3/b11-8+,14-10?. The first kappa shape index (κ1) is 13.1. The molecular formula is C12H20FN. The molecule has 0 unspecified atom stereocenters. The topological polar surface area (TPSA) is 12.4 Å². The van der Waals surface area contributed by atoms with Gasteiger partial charge in [-0.1, -0.05) is 26.5 Å². The molecule has 2 heteroatoms. The Morgan fingerprint density at radius 1 is 1.43 bits per heavy atom. The van der Waals surface area contributed by atoms with Gasteiger partial charge in [-0.25, -0.2) is 4.39 Å². The van der Waals surface area contributed by atoms with E-state index >= 15 is 0 Å². The van der Waals surface area contributed by atoms with E-state index in [0.29, 0.717) is 11.6 Å². The van der Waals surface area contributed by atoms with Gasteiger partial charge in [-0.15, -0.1) is 0 Å². The van der Waals surface area contributed by atoms with Crippen LogP contribution in [0.5, 0.6) is 0 Å². The summed E-state index contributed by atoms with van der Waals surface area (Å²) in [6, 6.07) is 0. The first-order valence-electron chi connectivity index (χ1n) is 4.85. The minimum absolute atomic E-state index is 0.367. The fourth-order valence-corrected chi connectivity index (χ4v) is 0.762. The Hall–Kier alpha value is -0.920. The molecular weight excluding hydrogens is 177 g/mol. The molecule has 0 aliphatic heterocycles. The second-order valence-electron chi connectivity index (χ2n) is 4.17. The van der Waals surface area contributed by atoms with Gasteiger partial charge in [0.15, 0.2) is 0 Å². The molecule has 0 aromatic heterocycles. The van der Waals surface area contributed by atoms with Gasteiger partial charge in [-0.05, 0) is 32.3 Å². The zero-order valence-corrected chi connectivity index (χ0v) is 9.76. The third-order valence-corrected chi connectivity index (χ3v) is 2.17. The van der Waals surface area contributed by atoms with E-state index in [9.17, 15) is 4.39 Å². The predicted molar refractivity (Wildman–Crippen MR) is 61.4 cm³/mol. The van der Waals surface area contributed by atoms with Crippen molar-refractivity contribution in [1.82, 2.24) is 0 Å². The van der Waals surface area contributed by atoms with E-state index < -0.39 is 5.67 Å². The number of allylic oxidation sites excluding steroid dienone is 2. The van der Waals surface area contributed by atoms with Crippen molar-refractivity contribution in [3.63, 3.8) is 0 Å². The van der Waals surface area contributed by atoms with Crippen LogP contribution in [0.25, 0.3) is 0 Å². The summed E-state index contributed by atoms with van der Waals surface area (Å²) in [5.41, 5.74) is 0.158. The highest BCUT2D eigenvalue weighted by molar-refractivity contribution is 5.89. The SMILES string of the molecule is C=C/C(=C\N=C(C)C(C)(C)F)C(C)C. The van der Waals surface area contributed by atoms with Crippen LogP contribution >= 0.6 is 0 Å². The van der Waals surface area contributed by atoms with Crippen molar-refractivity contribution in [1.29, 1.82) is 0 Å². The molecule has 0 aromatic rings. The van der Waals surface area contributed by atoms with Crippen molar-refractivity contribution in [2.24, 2.45) is 10.9 Å². The van der Waals surface area contributed by atoms with Crippen LogP contribution in [0, 0.1) is 5.92 Å². The number of aliphatic imine (C=N–C) groups is 1. The summed E-state index contributed by atoms with van der Waals surface area (Å²) in [5, 5.41) is 0. The number of nitrogens with zero attached hydrogens (tertiary/aromatic N) is 1. The van der Waals surface area contributed by atoms with Crippen LogP contribution in [-0.2, 0) is 0 Å². The van der Waals surface area contributed by atoms with Gasteiger partial charge >= 0.3 is 0 Å². The van der Waals surface area contributed by atoms with Crippen molar-refractivity contribution >= 4 is 5.71 Å².